The summed E-state index contributed by atoms with van der Waals surface area (Å²) < 4.78 is 39.6. The highest BCUT2D eigenvalue weighted by Gasteiger charge is 2.63. The van der Waals surface area contributed by atoms with Crippen LogP contribution in [-0.4, -0.2) is 109 Å². The molecule has 16 heteroatoms. The second-order valence-corrected chi connectivity index (χ2v) is 18.2. The molecule has 5 aliphatic rings. The number of nitrogens with one attached hydrogen (secondary N) is 3. The van der Waals surface area contributed by atoms with Crippen LogP contribution in [0, 0.1) is 17.8 Å². The summed E-state index contributed by atoms with van der Waals surface area (Å²) in [6, 6.07) is 5.48. The van der Waals surface area contributed by atoms with Crippen molar-refractivity contribution in [2.75, 3.05) is 37.7 Å². The predicted molar refractivity (Wildman–Crippen MR) is 199 cm³/mol. The number of nitrogens with zero attached hydrogens (tertiary/aromatic N) is 3. The number of amides is 4. The zero-order chi connectivity index (χ0) is 38.4. The van der Waals surface area contributed by atoms with Gasteiger partial charge in [-0.1, -0.05) is 32.1 Å². The van der Waals surface area contributed by atoms with E-state index in [1.54, 1.807) is 13.1 Å². The molecule has 0 bridgehead atoms. The molecule has 2 aliphatic carbocycles. The van der Waals surface area contributed by atoms with E-state index >= 15 is 0 Å². The van der Waals surface area contributed by atoms with E-state index < -0.39 is 74.1 Å². The number of hydrogen-bond acceptors (Lipinski definition) is 10. The molecular weight excluding hydrogens is 717 g/mol. The Kier molecular flexibility index (Phi) is 10.3. The van der Waals surface area contributed by atoms with Crippen LogP contribution in [0.25, 0.3) is 10.8 Å². The highest BCUT2D eigenvalue weighted by atomic mass is 32.2. The molecule has 2 saturated carbocycles. The highest BCUT2D eigenvalue weighted by molar-refractivity contribution is 7.91. The first kappa shape index (κ1) is 37.9. The lowest BCUT2D eigenvalue weighted by molar-refractivity contribution is -0.142. The SMILES string of the molecule is C[C@@H]1CC/C=C\[C@@H]2C[C@@]2(C(=O)NS(=O)(=O)C2(C)CC2)NC(=O)[C@@H]2C[C@@H](Oc3nccc4c(N5CCOCC5)cccc34)CN2C(=O)[C@@H](NC(=O)O)[C@H](C)C1. The molecule has 292 valence electrons. The standard InChI is InChI=1S/C38H50N6O9S/c1-23-7-4-5-8-25-21-38(25,35(47)42-54(50,51)37(3)12-13-37)41-32(45)30-20-26(22-44(30)34(46)31(24(2)19-23)40-36(48)49)53-33-28-9-6-10-29(27(28)11-14-39-33)43-15-17-52-18-16-43/h5-6,8-11,14,23-26,30-31,40H,4,7,12-13,15-22H2,1-3H3,(H,41,45)(H,42,47)(H,48,49)/b8-5-/t23-,24-,25-,26-,30+,31+,38-/m1/s1. The van der Waals surface area contributed by atoms with Gasteiger partial charge in [-0.25, -0.2) is 18.2 Å². The molecular formula is C38H50N6O9S. The van der Waals surface area contributed by atoms with Crippen molar-refractivity contribution in [2.24, 2.45) is 17.8 Å². The minimum absolute atomic E-state index is 0.0257. The van der Waals surface area contributed by atoms with Crippen molar-refractivity contribution in [1.82, 2.24) is 25.2 Å². The van der Waals surface area contributed by atoms with Crippen LogP contribution >= 0.6 is 0 Å². The third-order valence-corrected chi connectivity index (χ3v) is 14.1. The molecule has 0 unspecified atom stereocenters. The van der Waals surface area contributed by atoms with Crippen LogP contribution in [0.1, 0.15) is 65.7 Å². The molecule has 4 amide bonds. The molecule has 0 spiro atoms. The largest absolute Gasteiger partial charge is 0.472 e. The van der Waals surface area contributed by atoms with E-state index in [9.17, 15) is 32.7 Å². The minimum atomic E-state index is -4.00. The van der Waals surface area contributed by atoms with Crippen LogP contribution in [0.3, 0.4) is 0 Å². The van der Waals surface area contributed by atoms with Gasteiger partial charge in [-0.15, -0.1) is 0 Å². The second kappa shape index (κ2) is 14.7. The fraction of sp³-hybridized carbons (Fsp3) is 0.605. The Labute approximate surface area is 315 Å². The van der Waals surface area contributed by atoms with Gasteiger partial charge < -0.3 is 35.0 Å². The van der Waals surface area contributed by atoms with Crippen LogP contribution in [0.5, 0.6) is 5.88 Å². The van der Waals surface area contributed by atoms with Gasteiger partial charge in [0.25, 0.3) is 5.91 Å². The van der Waals surface area contributed by atoms with Gasteiger partial charge in [0.2, 0.25) is 27.7 Å². The Hall–Kier alpha value is -4.44. The highest BCUT2D eigenvalue weighted by Crippen LogP contribution is 2.47. The number of carboxylic acid groups (broad SMARTS) is 1. The Bertz CT molecular complexity index is 1950. The predicted octanol–water partition coefficient (Wildman–Crippen LogP) is 2.94. The number of benzene rings is 1. The summed E-state index contributed by atoms with van der Waals surface area (Å²) in [4.78, 5) is 62.9. The Balaban J connectivity index is 1.21. The van der Waals surface area contributed by atoms with Gasteiger partial charge in [0.05, 0.1) is 24.5 Å². The zero-order valence-electron chi connectivity index (χ0n) is 31.0. The van der Waals surface area contributed by atoms with Crippen LogP contribution in [0.4, 0.5) is 10.5 Å². The van der Waals surface area contributed by atoms with Gasteiger partial charge in [0.15, 0.2) is 0 Å². The molecule has 1 aromatic carbocycles. The average Bonchev–Trinajstić information content (AvgIpc) is 4.02. The molecule has 4 fully saturated rings. The number of sulfonamides is 1. The van der Waals surface area contributed by atoms with E-state index in [1.165, 1.54) is 4.90 Å². The van der Waals surface area contributed by atoms with Crippen molar-refractivity contribution in [3.8, 4) is 5.88 Å². The Morgan fingerprint density at radius 3 is 2.57 bits per heavy atom. The molecule has 1 aromatic heterocycles. The molecule has 15 nitrogen and oxygen atoms in total. The maximum Gasteiger partial charge on any atom is 0.405 e. The van der Waals surface area contributed by atoms with Gasteiger partial charge in [0, 0.05) is 48.1 Å². The molecule has 7 rings (SSSR count). The van der Waals surface area contributed by atoms with Crippen molar-refractivity contribution >= 4 is 50.3 Å². The van der Waals surface area contributed by atoms with E-state index in [-0.39, 0.29) is 25.3 Å². The summed E-state index contributed by atoms with van der Waals surface area (Å²) >= 11 is 0. The summed E-state index contributed by atoms with van der Waals surface area (Å²) in [5.41, 5.74) is -0.526. The van der Waals surface area contributed by atoms with Crippen LogP contribution in [0.2, 0.25) is 0 Å². The number of fused-ring (bicyclic) bond motifs is 3. The van der Waals surface area contributed by atoms with Crippen LogP contribution in [-0.2, 0) is 29.1 Å². The Morgan fingerprint density at radius 2 is 1.85 bits per heavy atom. The van der Waals surface area contributed by atoms with Gasteiger partial charge in [-0.3, -0.25) is 19.1 Å². The van der Waals surface area contributed by atoms with Gasteiger partial charge in [-0.2, -0.15) is 0 Å². The maximum absolute atomic E-state index is 14.5. The molecule has 0 radical (unpaired) electrons. The lowest BCUT2D eigenvalue weighted by Gasteiger charge is -2.32. The first-order valence-corrected chi connectivity index (χ1v) is 20.4. The molecule has 2 saturated heterocycles. The molecule has 54 heavy (non-hydrogen) atoms. The van der Waals surface area contributed by atoms with Gasteiger partial charge in [0.1, 0.15) is 23.7 Å². The topological polar surface area (TPSA) is 197 Å². The number of anilines is 1. The van der Waals surface area contributed by atoms with E-state index in [0.717, 1.165) is 36.0 Å². The lowest BCUT2D eigenvalue weighted by Crippen LogP contribution is -2.59. The molecule has 2 aromatic rings. The third kappa shape index (κ3) is 7.46. The van der Waals surface area contributed by atoms with Crippen molar-refractivity contribution < 1.29 is 42.2 Å². The monoisotopic (exact) mass is 766 g/mol. The number of rotatable bonds is 7. The summed E-state index contributed by atoms with van der Waals surface area (Å²) in [6.45, 7) is 8.10. The summed E-state index contributed by atoms with van der Waals surface area (Å²) in [5, 5.41) is 16.8. The number of carbonyl (C=O) groups is 4. The number of hydrogen-bond donors (Lipinski definition) is 4. The molecule has 3 aliphatic heterocycles. The van der Waals surface area contributed by atoms with E-state index in [2.05, 4.69) is 25.2 Å². The third-order valence-electron chi connectivity index (χ3n) is 11.9. The fourth-order valence-corrected chi connectivity index (χ4v) is 9.54. The van der Waals surface area contributed by atoms with E-state index in [4.69, 9.17) is 9.47 Å². The number of allylic oxidation sites excluding steroid dienone is 1. The number of ether oxygens (including phenoxy) is 2. The number of morpholine rings is 1. The summed E-state index contributed by atoms with van der Waals surface area (Å²) in [5.74, 6) is -2.44. The number of carbonyl (C=O) groups excluding carboxylic acids is 3. The van der Waals surface area contributed by atoms with Crippen molar-refractivity contribution in [3.05, 3.63) is 42.6 Å². The van der Waals surface area contributed by atoms with Crippen LogP contribution in [0.15, 0.2) is 42.6 Å². The van der Waals surface area contributed by atoms with Gasteiger partial charge in [-0.05, 0) is 75.5 Å². The number of aromatic nitrogens is 1. The second-order valence-electron chi connectivity index (χ2n) is 16.0. The number of pyridine rings is 1. The first-order valence-electron chi connectivity index (χ1n) is 18.9. The smallest absolute Gasteiger partial charge is 0.405 e. The zero-order valence-corrected chi connectivity index (χ0v) is 31.8. The van der Waals surface area contributed by atoms with E-state index in [1.807, 2.05) is 50.3 Å². The van der Waals surface area contributed by atoms with Crippen LogP contribution < -0.4 is 25.0 Å². The Morgan fingerprint density at radius 1 is 1.09 bits per heavy atom. The first-order chi connectivity index (χ1) is 25.7. The van der Waals surface area contributed by atoms with Crippen molar-refractivity contribution in [2.45, 2.75) is 94.2 Å². The molecule has 4 N–H and O–H groups in total. The summed E-state index contributed by atoms with van der Waals surface area (Å²) in [7, 11) is -4.00. The summed E-state index contributed by atoms with van der Waals surface area (Å²) in [6.07, 6.45) is 6.40. The van der Waals surface area contributed by atoms with E-state index in [0.29, 0.717) is 44.8 Å². The minimum Gasteiger partial charge on any atom is -0.472 e. The lowest BCUT2D eigenvalue weighted by atomic mass is 9.88. The normalized spacial score (nSPS) is 31.9. The average molecular weight is 767 g/mol. The van der Waals surface area contributed by atoms with Crippen molar-refractivity contribution in [3.63, 3.8) is 0 Å². The molecule has 4 heterocycles. The quantitative estimate of drug-likeness (QED) is 0.303. The fourth-order valence-electron chi connectivity index (χ4n) is 8.23. The molecule has 7 atom stereocenters. The van der Waals surface area contributed by atoms with Crippen molar-refractivity contribution in [1.29, 1.82) is 0 Å². The van der Waals surface area contributed by atoms with Gasteiger partial charge >= 0.3 is 6.09 Å². The maximum atomic E-state index is 14.5.